The SMILES string of the molecule is Cc1ccnc(Nc2ccc3[nH]nc(C(N)=O)c3c2)n1. The standard InChI is InChI=1S/C13H12N6O/c1-7-4-5-15-13(16-7)17-8-2-3-10-9(6-8)11(12(14)20)19-18-10/h2-6H,1H3,(H2,14,20)(H,18,19)(H,15,16,17). The third-order valence-corrected chi connectivity index (χ3v) is 2.85. The summed E-state index contributed by atoms with van der Waals surface area (Å²) in [6.07, 6.45) is 1.68. The van der Waals surface area contributed by atoms with E-state index >= 15 is 0 Å². The number of anilines is 2. The number of primary amides is 1. The summed E-state index contributed by atoms with van der Waals surface area (Å²) in [5.74, 6) is -0.0753. The minimum Gasteiger partial charge on any atom is -0.364 e. The summed E-state index contributed by atoms with van der Waals surface area (Å²) in [7, 11) is 0. The second-order valence-corrected chi connectivity index (χ2v) is 4.34. The molecule has 4 N–H and O–H groups in total. The fraction of sp³-hybridized carbons (Fsp3) is 0.0769. The fourth-order valence-electron chi connectivity index (χ4n) is 1.92. The average Bonchev–Trinajstić information content (AvgIpc) is 2.82. The second kappa shape index (κ2) is 4.61. The zero-order valence-electron chi connectivity index (χ0n) is 10.7. The smallest absolute Gasteiger partial charge is 0.269 e. The molecule has 0 saturated carbocycles. The number of amides is 1. The van der Waals surface area contributed by atoms with E-state index in [1.165, 1.54) is 0 Å². The van der Waals surface area contributed by atoms with Crippen LogP contribution in [-0.2, 0) is 0 Å². The predicted octanol–water partition coefficient (Wildman–Crippen LogP) is 1.50. The van der Waals surface area contributed by atoms with E-state index in [-0.39, 0.29) is 5.69 Å². The number of carbonyl (C=O) groups is 1. The summed E-state index contributed by atoms with van der Waals surface area (Å²) in [5.41, 5.74) is 7.86. The minimum absolute atomic E-state index is 0.216. The number of hydrogen-bond acceptors (Lipinski definition) is 5. The van der Waals surface area contributed by atoms with Gasteiger partial charge in [-0.05, 0) is 31.2 Å². The maximum atomic E-state index is 11.3. The van der Waals surface area contributed by atoms with Gasteiger partial charge in [-0.3, -0.25) is 9.89 Å². The Hall–Kier alpha value is -2.96. The van der Waals surface area contributed by atoms with Gasteiger partial charge in [-0.15, -0.1) is 0 Å². The number of aromatic amines is 1. The van der Waals surface area contributed by atoms with Crippen molar-refractivity contribution >= 4 is 28.4 Å². The lowest BCUT2D eigenvalue weighted by Crippen LogP contribution is -2.11. The molecule has 0 bridgehead atoms. The number of hydrogen-bond donors (Lipinski definition) is 3. The first-order chi connectivity index (χ1) is 9.63. The Morgan fingerprint density at radius 2 is 2.20 bits per heavy atom. The van der Waals surface area contributed by atoms with Crippen molar-refractivity contribution in [3.63, 3.8) is 0 Å². The van der Waals surface area contributed by atoms with E-state index in [9.17, 15) is 4.79 Å². The zero-order chi connectivity index (χ0) is 14.1. The predicted molar refractivity (Wildman–Crippen MR) is 74.7 cm³/mol. The van der Waals surface area contributed by atoms with Crippen LogP contribution < -0.4 is 11.1 Å². The minimum atomic E-state index is -0.569. The van der Waals surface area contributed by atoms with Crippen LogP contribution in [-0.4, -0.2) is 26.1 Å². The van der Waals surface area contributed by atoms with Crippen molar-refractivity contribution in [1.29, 1.82) is 0 Å². The van der Waals surface area contributed by atoms with Gasteiger partial charge in [-0.25, -0.2) is 9.97 Å². The van der Waals surface area contributed by atoms with Crippen LogP contribution in [0.3, 0.4) is 0 Å². The molecule has 2 aromatic heterocycles. The van der Waals surface area contributed by atoms with E-state index in [1.807, 2.05) is 25.1 Å². The normalized spacial score (nSPS) is 10.7. The van der Waals surface area contributed by atoms with Crippen LogP contribution in [0.15, 0.2) is 30.5 Å². The monoisotopic (exact) mass is 268 g/mol. The molecular weight excluding hydrogens is 256 g/mol. The molecule has 20 heavy (non-hydrogen) atoms. The molecule has 1 aromatic carbocycles. The maximum absolute atomic E-state index is 11.3. The Labute approximate surface area is 114 Å². The highest BCUT2D eigenvalue weighted by Crippen LogP contribution is 2.22. The van der Waals surface area contributed by atoms with Crippen molar-refractivity contribution in [2.45, 2.75) is 6.92 Å². The van der Waals surface area contributed by atoms with Crippen molar-refractivity contribution in [1.82, 2.24) is 20.2 Å². The molecule has 0 saturated heterocycles. The van der Waals surface area contributed by atoms with Crippen LogP contribution in [0.4, 0.5) is 11.6 Å². The van der Waals surface area contributed by atoms with Crippen LogP contribution in [0, 0.1) is 6.92 Å². The molecule has 0 fully saturated rings. The summed E-state index contributed by atoms with van der Waals surface area (Å²) in [4.78, 5) is 19.7. The molecule has 100 valence electrons. The highest BCUT2D eigenvalue weighted by molar-refractivity contribution is 6.04. The van der Waals surface area contributed by atoms with E-state index in [0.717, 1.165) is 16.9 Å². The van der Waals surface area contributed by atoms with Crippen LogP contribution in [0.1, 0.15) is 16.2 Å². The van der Waals surface area contributed by atoms with E-state index in [2.05, 4.69) is 25.5 Å². The first-order valence-corrected chi connectivity index (χ1v) is 5.98. The van der Waals surface area contributed by atoms with Crippen molar-refractivity contribution < 1.29 is 4.79 Å². The van der Waals surface area contributed by atoms with Gasteiger partial charge in [-0.1, -0.05) is 0 Å². The van der Waals surface area contributed by atoms with E-state index in [4.69, 9.17) is 5.73 Å². The lowest BCUT2D eigenvalue weighted by atomic mass is 10.2. The number of fused-ring (bicyclic) bond motifs is 1. The number of H-pyrrole nitrogens is 1. The molecule has 0 aliphatic rings. The molecule has 0 atom stereocenters. The summed E-state index contributed by atoms with van der Waals surface area (Å²) in [6, 6.07) is 7.25. The Morgan fingerprint density at radius 1 is 1.35 bits per heavy atom. The summed E-state index contributed by atoms with van der Waals surface area (Å²) >= 11 is 0. The van der Waals surface area contributed by atoms with Gasteiger partial charge >= 0.3 is 0 Å². The van der Waals surface area contributed by atoms with E-state index < -0.39 is 5.91 Å². The van der Waals surface area contributed by atoms with Gasteiger partial charge in [-0.2, -0.15) is 5.10 Å². The number of carbonyl (C=O) groups excluding carboxylic acids is 1. The van der Waals surface area contributed by atoms with Gasteiger partial charge in [0, 0.05) is 23.0 Å². The lowest BCUT2D eigenvalue weighted by Gasteiger charge is -2.05. The van der Waals surface area contributed by atoms with Crippen molar-refractivity contribution in [2.24, 2.45) is 5.73 Å². The summed E-state index contributed by atoms with van der Waals surface area (Å²) < 4.78 is 0. The maximum Gasteiger partial charge on any atom is 0.269 e. The van der Waals surface area contributed by atoms with Crippen LogP contribution in [0.5, 0.6) is 0 Å². The summed E-state index contributed by atoms with van der Waals surface area (Å²) in [6.45, 7) is 1.89. The Kier molecular flexibility index (Phi) is 2.79. The van der Waals surface area contributed by atoms with Gasteiger partial charge in [0.05, 0.1) is 5.52 Å². The highest BCUT2D eigenvalue weighted by atomic mass is 16.1. The number of rotatable bonds is 3. The largest absolute Gasteiger partial charge is 0.364 e. The molecule has 0 spiro atoms. The third kappa shape index (κ3) is 2.16. The molecule has 3 rings (SSSR count). The molecule has 1 amide bonds. The Bertz CT molecular complexity index is 794. The number of benzene rings is 1. The fourth-order valence-corrected chi connectivity index (χ4v) is 1.92. The van der Waals surface area contributed by atoms with Crippen LogP contribution in [0.2, 0.25) is 0 Å². The summed E-state index contributed by atoms with van der Waals surface area (Å²) in [5, 5.41) is 10.4. The molecule has 7 heteroatoms. The average molecular weight is 268 g/mol. The molecular formula is C13H12N6O. The number of aryl methyl sites for hydroxylation is 1. The third-order valence-electron chi connectivity index (χ3n) is 2.85. The molecule has 0 unspecified atom stereocenters. The lowest BCUT2D eigenvalue weighted by molar-refractivity contribution is 0.0997. The molecule has 0 radical (unpaired) electrons. The first-order valence-electron chi connectivity index (χ1n) is 5.98. The van der Waals surface area contributed by atoms with E-state index in [0.29, 0.717) is 11.3 Å². The van der Waals surface area contributed by atoms with Gasteiger partial charge in [0.1, 0.15) is 0 Å². The molecule has 3 aromatic rings. The molecule has 2 heterocycles. The van der Waals surface area contributed by atoms with Crippen molar-refractivity contribution in [3.8, 4) is 0 Å². The number of nitrogens with two attached hydrogens (primary N) is 1. The molecule has 7 nitrogen and oxygen atoms in total. The van der Waals surface area contributed by atoms with Crippen molar-refractivity contribution in [2.75, 3.05) is 5.32 Å². The Morgan fingerprint density at radius 3 is 2.95 bits per heavy atom. The van der Waals surface area contributed by atoms with E-state index in [1.54, 1.807) is 12.3 Å². The Balaban J connectivity index is 2.00. The zero-order valence-corrected chi connectivity index (χ0v) is 10.7. The van der Waals surface area contributed by atoms with Gasteiger partial charge in [0.15, 0.2) is 5.69 Å². The van der Waals surface area contributed by atoms with Gasteiger partial charge in [0.2, 0.25) is 5.95 Å². The quantitative estimate of drug-likeness (QED) is 0.667. The van der Waals surface area contributed by atoms with Crippen LogP contribution >= 0.6 is 0 Å². The first kappa shape index (κ1) is 12.1. The van der Waals surface area contributed by atoms with Crippen LogP contribution in [0.25, 0.3) is 10.9 Å². The number of nitrogens with one attached hydrogen (secondary N) is 2. The topological polar surface area (TPSA) is 110 Å². The second-order valence-electron chi connectivity index (χ2n) is 4.34. The number of nitrogens with zero attached hydrogens (tertiary/aromatic N) is 3. The van der Waals surface area contributed by atoms with Crippen molar-refractivity contribution in [3.05, 3.63) is 41.9 Å². The molecule has 0 aliphatic heterocycles. The highest BCUT2D eigenvalue weighted by Gasteiger charge is 2.11. The van der Waals surface area contributed by atoms with Gasteiger partial charge in [0.25, 0.3) is 5.91 Å². The number of aromatic nitrogens is 4. The van der Waals surface area contributed by atoms with Gasteiger partial charge < -0.3 is 11.1 Å². The molecule has 0 aliphatic carbocycles.